The first-order valence-corrected chi connectivity index (χ1v) is 10.8. The van der Waals surface area contributed by atoms with Gasteiger partial charge in [-0.1, -0.05) is 109 Å². The molecule has 0 nitrogen and oxygen atoms in total. The van der Waals surface area contributed by atoms with E-state index in [1.54, 1.807) is 0 Å². The van der Waals surface area contributed by atoms with E-state index in [0.29, 0.717) is 0 Å². The SMILES string of the molecule is Cc1ccccc1-c1ccc2c(c1)-c1ccccc1-c1ccccc1-c1ccccc1-2. The molecule has 0 spiro atoms. The standard InChI is InChI=1S/C31H22/c1-21-10-2-3-11-23(21)22-18-19-30-28-16-7-6-14-26(28)24-12-4-5-13-25(24)27-15-8-9-17-29(27)31(30)20-22/h2-20H,1H3. The summed E-state index contributed by atoms with van der Waals surface area (Å²) in [4.78, 5) is 0. The van der Waals surface area contributed by atoms with Gasteiger partial charge in [0, 0.05) is 0 Å². The van der Waals surface area contributed by atoms with Crippen LogP contribution >= 0.6 is 0 Å². The Bertz CT molecular complexity index is 1430. The molecule has 1 aliphatic rings. The third-order valence-electron chi connectivity index (χ3n) is 6.42. The van der Waals surface area contributed by atoms with Gasteiger partial charge in [-0.3, -0.25) is 0 Å². The first kappa shape index (κ1) is 17.9. The van der Waals surface area contributed by atoms with Crippen molar-refractivity contribution in [3.05, 3.63) is 121 Å². The molecule has 0 aliphatic heterocycles. The van der Waals surface area contributed by atoms with Gasteiger partial charge < -0.3 is 0 Å². The normalized spacial score (nSPS) is 11.4. The molecule has 0 saturated carbocycles. The van der Waals surface area contributed by atoms with Gasteiger partial charge in [-0.2, -0.15) is 0 Å². The van der Waals surface area contributed by atoms with Crippen LogP contribution in [0.4, 0.5) is 0 Å². The van der Waals surface area contributed by atoms with Crippen LogP contribution in [0.1, 0.15) is 5.56 Å². The molecule has 0 amide bonds. The van der Waals surface area contributed by atoms with Gasteiger partial charge in [0.25, 0.3) is 0 Å². The van der Waals surface area contributed by atoms with E-state index in [1.807, 2.05) is 0 Å². The van der Waals surface area contributed by atoms with Gasteiger partial charge in [0.2, 0.25) is 0 Å². The van der Waals surface area contributed by atoms with E-state index < -0.39 is 0 Å². The fourth-order valence-corrected chi connectivity index (χ4v) is 4.92. The molecule has 31 heavy (non-hydrogen) atoms. The Kier molecular flexibility index (Phi) is 4.11. The fourth-order valence-electron chi connectivity index (χ4n) is 4.92. The average Bonchev–Trinajstić information content (AvgIpc) is 2.83. The third kappa shape index (κ3) is 2.84. The maximum Gasteiger partial charge on any atom is -0.00928 e. The highest BCUT2D eigenvalue weighted by Crippen LogP contribution is 2.48. The molecule has 1 aliphatic carbocycles. The van der Waals surface area contributed by atoms with Crippen molar-refractivity contribution in [1.29, 1.82) is 0 Å². The Hall–Kier alpha value is -3.90. The lowest BCUT2D eigenvalue weighted by Crippen LogP contribution is -1.97. The summed E-state index contributed by atoms with van der Waals surface area (Å²) in [5.41, 5.74) is 14.2. The Morgan fingerprint density at radius 3 is 1.13 bits per heavy atom. The molecule has 146 valence electrons. The molecule has 0 saturated heterocycles. The van der Waals surface area contributed by atoms with E-state index in [4.69, 9.17) is 0 Å². The van der Waals surface area contributed by atoms with E-state index in [2.05, 4.69) is 122 Å². The van der Waals surface area contributed by atoms with Crippen LogP contribution in [0.2, 0.25) is 0 Å². The molecule has 6 rings (SSSR count). The Labute approximate surface area is 183 Å². The summed E-state index contributed by atoms with van der Waals surface area (Å²) in [5.74, 6) is 0. The second-order valence-electron chi connectivity index (χ2n) is 8.21. The van der Waals surface area contributed by atoms with Crippen molar-refractivity contribution in [2.75, 3.05) is 0 Å². The summed E-state index contributed by atoms with van der Waals surface area (Å²) in [6.07, 6.45) is 0. The molecule has 0 atom stereocenters. The number of hydrogen-bond donors (Lipinski definition) is 0. The summed E-state index contributed by atoms with van der Waals surface area (Å²) in [5, 5.41) is 0. The lowest BCUT2D eigenvalue weighted by atomic mass is 9.80. The smallest absolute Gasteiger partial charge is 0.00928 e. The minimum absolute atomic E-state index is 1.26. The van der Waals surface area contributed by atoms with Crippen LogP contribution in [-0.2, 0) is 0 Å². The number of aryl methyl sites for hydroxylation is 1. The molecule has 0 heteroatoms. The number of rotatable bonds is 1. The second-order valence-corrected chi connectivity index (χ2v) is 8.21. The lowest BCUT2D eigenvalue weighted by Gasteiger charge is -2.23. The van der Waals surface area contributed by atoms with E-state index >= 15 is 0 Å². The van der Waals surface area contributed by atoms with Gasteiger partial charge in [-0.15, -0.1) is 0 Å². The second kappa shape index (κ2) is 7.11. The summed E-state index contributed by atoms with van der Waals surface area (Å²) < 4.78 is 0. The predicted octanol–water partition coefficient (Wildman–Crippen LogP) is 8.64. The van der Waals surface area contributed by atoms with Gasteiger partial charge >= 0.3 is 0 Å². The summed E-state index contributed by atoms with van der Waals surface area (Å²) in [6.45, 7) is 2.19. The average molecular weight is 395 g/mol. The highest BCUT2D eigenvalue weighted by atomic mass is 14.2. The topological polar surface area (TPSA) is 0 Å². The quantitative estimate of drug-likeness (QED) is 0.262. The first-order chi connectivity index (χ1) is 15.3. The van der Waals surface area contributed by atoms with E-state index in [-0.39, 0.29) is 0 Å². The van der Waals surface area contributed by atoms with Crippen LogP contribution < -0.4 is 0 Å². The predicted molar refractivity (Wildman–Crippen MR) is 132 cm³/mol. The Balaban J connectivity index is 1.73. The van der Waals surface area contributed by atoms with Crippen molar-refractivity contribution in [2.45, 2.75) is 6.92 Å². The molecule has 0 N–H and O–H groups in total. The van der Waals surface area contributed by atoms with Gasteiger partial charge in [-0.05, 0) is 74.2 Å². The van der Waals surface area contributed by atoms with Crippen molar-refractivity contribution in [3.8, 4) is 55.6 Å². The van der Waals surface area contributed by atoms with Crippen molar-refractivity contribution in [2.24, 2.45) is 0 Å². The minimum atomic E-state index is 1.26. The maximum atomic E-state index is 2.38. The molecule has 5 aromatic rings. The summed E-state index contributed by atoms with van der Waals surface area (Å²) >= 11 is 0. The molecular weight excluding hydrogens is 372 g/mol. The van der Waals surface area contributed by atoms with Gasteiger partial charge in [0.15, 0.2) is 0 Å². The molecule has 0 radical (unpaired) electrons. The van der Waals surface area contributed by atoms with Crippen molar-refractivity contribution >= 4 is 0 Å². The zero-order chi connectivity index (χ0) is 20.8. The zero-order valence-corrected chi connectivity index (χ0v) is 17.5. The molecule has 0 bridgehead atoms. The monoisotopic (exact) mass is 394 g/mol. The summed E-state index contributed by atoms with van der Waals surface area (Å²) in [6, 6.07) is 42.0. The Morgan fingerprint density at radius 2 is 0.677 bits per heavy atom. The number of benzene rings is 5. The fraction of sp³-hybridized carbons (Fsp3) is 0.0323. The highest BCUT2D eigenvalue weighted by Gasteiger charge is 2.21. The third-order valence-corrected chi connectivity index (χ3v) is 6.42. The van der Waals surface area contributed by atoms with E-state index in [9.17, 15) is 0 Å². The number of hydrogen-bond acceptors (Lipinski definition) is 0. The van der Waals surface area contributed by atoms with Crippen molar-refractivity contribution in [3.63, 3.8) is 0 Å². The van der Waals surface area contributed by atoms with E-state index in [1.165, 1.54) is 61.2 Å². The van der Waals surface area contributed by atoms with Crippen LogP contribution in [0.25, 0.3) is 55.6 Å². The van der Waals surface area contributed by atoms with Gasteiger partial charge in [-0.25, -0.2) is 0 Å². The molecule has 0 aromatic heterocycles. The number of fused-ring (bicyclic) bond motifs is 8. The zero-order valence-electron chi connectivity index (χ0n) is 17.5. The summed E-state index contributed by atoms with van der Waals surface area (Å²) in [7, 11) is 0. The van der Waals surface area contributed by atoms with Gasteiger partial charge in [0.1, 0.15) is 0 Å². The van der Waals surface area contributed by atoms with Gasteiger partial charge in [0.05, 0.1) is 0 Å². The van der Waals surface area contributed by atoms with Crippen molar-refractivity contribution in [1.82, 2.24) is 0 Å². The molecule has 5 aromatic carbocycles. The van der Waals surface area contributed by atoms with Crippen LogP contribution in [0, 0.1) is 6.92 Å². The van der Waals surface area contributed by atoms with Crippen LogP contribution in [-0.4, -0.2) is 0 Å². The van der Waals surface area contributed by atoms with Crippen LogP contribution in [0.3, 0.4) is 0 Å². The van der Waals surface area contributed by atoms with E-state index in [0.717, 1.165) is 0 Å². The van der Waals surface area contributed by atoms with Crippen molar-refractivity contribution < 1.29 is 0 Å². The molecule has 0 unspecified atom stereocenters. The minimum Gasteiger partial charge on any atom is -0.0620 e. The molecular formula is C31H22. The molecule has 0 fully saturated rings. The lowest BCUT2D eigenvalue weighted by molar-refractivity contribution is 1.45. The Morgan fingerprint density at radius 1 is 0.323 bits per heavy atom. The molecule has 0 heterocycles. The van der Waals surface area contributed by atoms with Crippen LogP contribution in [0.5, 0.6) is 0 Å². The largest absolute Gasteiger partial charge is 0.0620 e. The maximum absolute atomic E-state index is 2.38. The first-order valence-electron chi connectivity index (χ1n) is 10.8. The highest BCUT2D eigenvalue weighted by molar-refractivity contribution is 6.03. The van der Waals surface area contributed by atoms with Crippen LogP contribution in [0.15, 0.2) is 115 Å².